The third-order valence-corrected chi connectivity index (χ3v) is 6.83. The van der Waals surface area contributed by atoms with Crippen molar-refractivity contribution in [3.05, 3.63) is 71.0 Å². The van der Waals surface area contributed by atoms with Crippen LogP contribution >= 0.6 is 0 Å². The van der Waals surface area contributed by atoms with Gasteiger partial charge in [0, 0.05) is 31.9 Å². The van der Waals surface area contributed by atoms with Crippen molar-refractivity contribution in [1.29, 1.82) is 0 Å². The Bertz CT molecular complexity index is 1060. The Hall–Kier alpha value is -2.75. The molecule has 4 heteroatoms. The van der Waals surface area contributed by atoms with E-state index in [0.29, 0.717) is 0 Å². The second-order valence-electron chi connectivity index (χ2n) is 8.78. The minimum Gasteiger partial charge on any atom is -0.371 e. The van der Waals surface area contributed by atoms with Crippen LogP contribution in [0.25, 0.3) is 11.0 Å². The van der Waals surface area contributed by atoms with E-state index in [9.17, 15) is 0 Å². The molecule has 5 rings (SSSR count). The summed E-state index contributed by atoms with van der Waals surface area (Å²) in [7, 11) is 0. The molecule has 3 aliphatic rings. The average Bonchev–Trinajstić information content (AvgIpc) is 3.14. The van der Waals surface area contributed by atoms with Gasteiger partial charge in [0.15, 0.2) is 0 Å². The Balaban J connectivity index is 1.42. The number of rotatable bonds is 4. The number of benzene rings is 1. The molecule has 1 aromatic heterocycles. The van der Waals surface area contributed by atoms with Crippen molar-refractivity contribution in [2.75, 3.05) is 31.1 Å². The molecule has 0 amide bonds. The van der Waals surface area contributed by atoms with Gasteiger partial charge in [-0.2, -0.15) is 0 Å². The van der Waals surface area contributed by atoms with Crippen LogP contribution in [-0.2, 0) is 6.54 Å². The summed E-state index contributed by atoms with van der Waals surface area (Å²) < 4.78 is 2.44. The second-order valence-corrected chi connectivity index (χ2v) is 8.78. The lowest BCUT2D eigenvalue weighted by Crippen LogP contribution is -2.47. The van der Waals surface area contributed by atoms with Crippen LogP contribution in [0.2, 0.25) is 0 Å². The quantitative estimate of drug-likeness (QED) is 0.682. The molecule has 2 heterocycles. The molecule has 0 radical (unpaired) electrons. The lowest BCUT2D eigenvalue weighted by molar-refractivity contribution is 0.305. The Morgan fingerprint density at radius 2 is 1.60 bits per heavy atom. The van der Waals surface area contributed by atoms with Crippen molar-refractivity contribution in [3.8, 4) is 0 Å². The highest BCUT2D eigenvalue weighted by molar-refractivity contribution is 5.79. The summed E-state index contributed by atoms with van der Waals surface area (Å²) in [6, 6.07) is 8.59. The predicted octanol–water partition coefficient (Wildman–Crippen LogP) is 5.45. The zero-order chi connectivity index (χ0) is 20.5. The van der Waals surface area contributed by atoms with E-state index in [2.05, 4.69) is 76.8 Å². The Morgan fingerprint density at radius 3 is 2.40 bits per heavy atom. The van der Waals surface area contributed by atoms with Crippen LogP contribution < -0.4 is 4.90 Å². The molecular weight excluding hydrogens is 368 g/mol. The smallest absolute Gasteiger partial charge is 0.206 e. The molecule has 2 aromatic rings. The number of piperazine rings is 1. The third kappa shape index (κ3) is 3.60. The van der Waals surface area contributed by atoms with Gasteiger partial charge in [-0.05, 0) is 62.8 Å². The second kappa shape index (κ2) is 8.17. The van der Waals surface area contributed by atoms with E-state index in [1.54, 1.807) is 5.70 Å². The summed E-state index contributed by atoms with van der Waals surface area (Å²) in [6.07, 6.45) is 13.9. The van der Waals surface area contributed by atoms with Gasteiger partial charge in [0.1, 0.15) is 0 Å². The van der Waals surface area contributed by atoms with E-state index in [4.69, 9.17) is 4.98 Å². The highest BCUT2D eigenvalue weighted by Gasteiger charge is 2.24. The molecule has 0 atom stereocenters. The highest BCUT2D eigenvalue weighted by Crippen LogP contribution is 2.29. The molecule has 0 bridgehead atoms. The van der Waals surface area contributed by atoms with Gasteiger partial charge in [0.2, 0.25) is 5.95 Å². The van der Waals surface area contributed by atoms with Crippen molar-refractivity contribution in [1.82, 2.24) is 14.5 Å². The predicted molar refractivity (Wildman–Crippen MR) is 126 cm³/mol. The molecule has 0 unspecified atom stereocenters. The molecule has 30 heavy (non-hydrogen) atoms. The molecule has 0 saturated carbocycles. The fraction of sp³-hybridized carbons (Fsp3) is 0.423. The summed E-state index contributed by atoms with van der Waals surface area (Å²) in [6.45, 7) is 9.65. The summed E-state index contributed by atoms with van der Waals surface area (Å²) in [5, 5.41) is 0. The zero-order valence-corrected chi connectivity index (χ0v) is 18.3. The van der Waals surface area contributed by atoms with Crippen LogP contribution in [0.1, 0.15) is 39.5 Å². The van der Waals surface area contributed by atoms with Crippen molar-refractivity contribution < 1.29 is 0 Å². The first kappa shape index (κ1) is 19.2. The number of aromatic nitrogens is 2. The molecule has 4 nitrogen and oxygen atoms in total. The van der Waals surface area contributed by atoms with E-state index < -0.39 is 0 Å². The largest absolute Gasteiger partial charge is 0.371 e. The van der Waals surface area contributed by atoms with Crippen molar-refractivity contribution in [3.63, 3.8) is 0 Å². The summed E-state index contributed by atoms with van der Waals surface area (Å²) in [5.74, 6) is 1.13. The number of allylic oxidation sites excluding steroid dienone is 8. The standard InChI is InChI=1S/C26H32N4/c1-20-9-3-5-11-22(20)19-30-25-14-8-6-12-23(25)27-26(30)29-17-15-28(16-18-29)24-13-7-4-10-21(24)2/h4-6,8,10-12,14H,3,7,9,13,15-19H2,1-2H3. The molecule has 0 N–H and O–H groups in total. The monoisotopic (exact) mass is 400 g/mol. The van der Waals surface area contributed by atoms with Gasteiger partial charge in [-0.15, -0.1) is 0 Å². The van der Waals surface area contributed by atoms with Crippen LogP contribution in [0.4, 0.5) is 5.95 Å². The normalized spacial score (nSPS) is 20.1. The maximum Gasteiger partial charge on any atom is 0.206 e. The summed E-state index contributed by atoms with van der Waals surface area (Å²) in [5.41, 5.74) is 8.28. The molecule has 0 spiro atoms. The Labute approximate surface area is 179 Å². The minimum absolute atomic E-state index is 0.910. The first-order valence-electron chi connectivity index (χ1n) is 11.4. The van der Waals surface area contributed by atoms with E-state index in [1.165, 1.54) is 47.9 Å². The van der Waals surface area contributed by atoms with Gasteiger partial charge in [-0.25, -0.2) is 4.98 Å². The van der Waals surface area contributed by atoms with Crippen LogP contribution in [0.15, 0.2) is 71.0 Å². The number of nitrogens with zero attached hydrogens (tertiary/aromatic N) is 4. The van der Waals surface area contributed by atoms with E-state index in [0.717, 1.165) is 44.2 Å². The maximum atomic E-state index is 5.08. The number of para-hydroxylation sites is 2. The van der Waals surface area contributed by atoms with Crippen LogP contribution in [0.5, 0.6) is 0 Å². The maximum absolute atomic E-state index is 5.08. The number of hydrogen-bond acceptors (Lipinski definition) is 3. The number of hydrogen-bond donors (Lipinski definition) is 0. The third-order valence-electron chi connectivity index (χ3n) is 6.83. The molecule has 1 saturated heterocycles. The van der Waals surface area contributed by atoms with Crippen LogP contribution in [0, 0.1) is 0 Å². The number of fused-ring (bicyclic) bond motifs is 1. The fourth-order valence-corrected chi connectivity index (χ4v) is 5.00. The molecule has 156 valence electrons. The van der Waals surface area contributed by atoms with Crippen molar-refractivity contribution in [2.45, 2.75) is 46.1 Å². The Morgan fingerprint density at radius 1 is 0.867 bits per heavy atom. The van der Waals surface area contributed by atoms with Gasteiger partial charge < -0.3 is 14.4 Å². The molecule has 1 fully saturated rings. The topological polar surface area (TPSA) is 24.3 Å². The summed E-state index contributed by atoms with van der Waals surface area (Å²) >= 11 is 0. The first-order valence-corrected chi connectivity index (χ1v) is 11.4. The fourth-order valence-electron chi connectivity index (χ4n) is 5.00. The number of anilines is 1. The lowest BCUT2D eigenvalue weighted by atomic mass is 9.99. The van der Waals surface area contributed by atoms with Gasteiger partial charge in [-0.3, -0.25) is 0 Å². The minimum atomic E-state index is 0.910. The molecule has 1 aliphatic heterocycles. The lowest BCUT2D eigenvalue weighted by Gasteiger charge is -2.39. The molecular formula is C26H32N4. The van der Waals surface area contributed by atoms with E-state index in [-0.39, 0.29) is 0 Å². The van der Waals surface area contributed by atoms with Gasteiger partial charge in [-0.1, -0.05) is 42.0 Å². The van der Waals surface area contributed by atoms with E-state index in [1.807, 2.05) is 0 Å². The zero-order valence-electron chi connectivity index (χ0n) is 18.3. The van der Waals surface area contributed by atoms with Crippen LogP contribution in [0.3, 0.4) is 0 Å². The van der Waals surface area contributed by atoms with Gasteiger partial charge in [0.05, 0.1) is 17.6 Å². The highest BCUT2D eigenvalue weighted by atomic mass is 15.4. The molecule has 2 aliphatic carbocycles. The van der Waals surface area contributed by atoms with E-state index >= 15 is 0 Å². The Kier molecular flexibility index (Phi) is 5.24. The SMILES string of the molecule is CC1=C(N2CCN(c3nc4ccccc4n3CC3=C(C)CCC=C3)CC2)CCC=C1. The van der Waals surface area contributed by atoms with Gasteiger partial charge in [0.25, 0.3) is 0 Å². The van der Waals surface area contributed by atoms with Crippen LogP contribution in [-0.4, -0.2) is 40.6 Å². The number of imidazole rings is 1. The average molecular weight is 401 g/mol. The van der Waals surface area contributed by atoms with Crippen molar-refractivity contribution in [2.24, 2.45) is 0 Å². The van der Waals surface area contributed by atoms with Gasteiger partial charge >= 0.3 is 0 Å². The summed E-state index contributed by atoms with van der Waals surface area (Å²) in [4.78, 5) is 10.2. The van der Waals surface area contributed by atoms with Crippen molar-refractivity contribution >= 4 is 17.0 Å². The molecule has 1 aromatic carbocycles. The first-order chi connectivity index (χ1) is 14.7.